The molecule has 120 valence electrons. The van der Waals surface area contributed by atoms with E-state index < -0.39 is 0 Å². The highest BCUT2D eigenvalue weighted by atomic mass is 16.5. The second kappa shape index (κ2) is 6.64. The first-order chi connectivity index (χ1) is 11.2. The molecule has 0 bridgehead atoms. The molecule has 0 spiro atoms. The largest absolute Gasteiger partial charge is 0.497 e. The Morgan fingerprint density at radius 1 is 1.26 bits per heavy atom. The van der Waals surface area contributed by atoms with Gasteiger partial charge in [-0.25, -0.2) is 4.68 Å². The summed E-state index contributed by atoms with van der Waals surface area (Å²) in [5.41, 5.74) is 2.39. The highest BCUT2D eigenvalue weighted by Gasteiger charge is 2.14. The Bertz CT molecular complexity index is 766. The van der Waals surface area contributed by atoms with E-state index in [1.807, 2.05) is 0 Å². The van der Waals surface area contributed by atoms with Gasteiger partial charge in [0.05, 0.1) is 12.8 Å². The van der Waals surface area contributed by atoms with Crippen molar-refractivity contribution < 1.29 is 9.53 Å². The van der Waals surface area contributed by atoms with Crippen molar-refractivity contribution in [2.24, 2.45) is 0 Å². The van der Waals surface area contributed by atoms with Crippen LogP contribution in [0.3, 0.4) is 0 Å². The van der Waals surface area contributed by atoms with Crippen LogP contribution in [0.1, 0.15) is 24.1 Å². The Balaban J connectivity index is 1.71. The van der Waals surface area contributed by atoms with Crippen molar-refractivity contribution in [3.05, 3.63) is 51.9 Å². The first-order valence-corrected chi connectivity index (χ1v) is 7.69. The number of anilines is 1. The van der Waals surface area contributed by atoms with E-state index >= 15 is 0 Å². The van der Waals surface area contributed by atoms with Crippen molar-refractivity contribution in [2.75, 3.05) is 12.4 Å². The van der Waals surface area contributed by atoms with Crippen molar-refractivity contribution in [1.82, 2.24) is 9.78 Å². The van der Waals surface area contributed by atoms with Gasteiger partial charge < -0.3 is 10.1 Å². The molecule has 0 radical (unpaired) electrons. The van der Waals surface area contributed by atoms with E-state index in [9.17, 15) is 9.59 Å². The lowest BCUT2D eigenvalue weighted by Gasteiger charge is -2.15. The lowest BCUT2D eigenvalue weighted by atomic mass is 9.97. The highest BCUT2D eigenvalue weighted by molar-refractivity contribution is 5.90. The number of amides is 1. The maximum Gasteiger partial charge on any atom is 0.267 e. The molecule has 6 heteroatoms. The third kappa shape index (κ3) is 3.59. The van der Waals surface area contributed by atoms with Crippen LogP contribution in [-0.2, 0) is 24.2 Å². The highest BCUT2D eigenvalue weighted by Crippen LogP contribution is 2.17. The summed E-state index contributed by atoms with van der Waals surface area (Å²) in [5, 5.41) is 7.10. The molecule has 1 aliphatic carbocycles. The van der Waals surface area contributed by atoms with E-state index in [1.165, 1.54) is 4.68 Å². The van der Waals surface area contributed by atoms with Gasteiger partial charge in [0.2, 0.25) is 5.91 Å². The van der Waals surface area contributed by atoms with Gasteiger partial charge in [0.15, 0.2) is 0 Å². The minimum Gasteiger partial charge on any atom is -0.497 e. The van der Waals surface area contributed by atoms with E-state index in [1.54, 1.807) is 37.4 Å². The summed E-state index contributed by atoms with van der Waals surface area (Å²) in [6, 6.07) is 8.64. The molecule has 0 saturated heterocycles. The monoisotopic (exact) mass is 313 g/mol. The normalized spacial score (nSPS) is 13.3. The molecule has 1 heterocycles. The molecule has 1 amide bonds. The molecule has 0 aliphatic heterocycles. The van der Waals surface area contributed by atoms with Gasteiger partial charge >= 0.3 is 0 Å². The number of carbonyl (C=O) groups excluding carboxylic acids is 1. The van der Waals surface area contributed by atoms with Crippen LogP contribution in [0.5, 0.6) is 5.75 Å². The van der Waals surface area contributed by atoms with E-state index in [0.29, 0.717) is 5.69 Å². The maximum absolute atomic E-state index is 12.1. The number of fused-ring (bicyclic) bond motifs is 1. The lowest BCUT2D eigenvalue weighted by Crippen LogP contribution is -2.31. The molecular formula is C17H19N3O3. The first-order valence-electron chi connectivity index (χ1n) is 7.69. The molecular weight excluding hydrogens is 294 g/mol. The van der Waals surface area contributed by atoms with E-state index in [4.69, 9.17) is 4.74 Å². The second-order valence-electron chi connectivity index (χ2n) is 5.60. The number of carbonyl (C=O) groups is 1. The van der Waals surface area contributed by atoms with Gasteiger partial charge in [0.1, 0.15) is 12.3 Å². The number of aryl methyl sites for hydroxylation is 2. The van der Waals surface area contributed by atoms with Crippen molar-refractivity contribution >= 4 is 11.6 Å². The van der Waals surface area contributed by atoms with Gasteiger partial charge in [-0.3, -0.25) is 9.59 Å². The Hall–Kier alpha value is -2.63. The summed E-state index contributed by atoms with van der Waals surface area (Å²) < 4.78 is 6.31. The predicted octanol–water partition coefficient (Wildman–Crippen LogP) is 1.77. The molecule has 1 N–H and O–H groups in total. The molecule has 6 nitrogen and oxygen atoms in total. The number of benzene rings is 1. The third-order valence-corrected chi connectivity index (χ3v) is 3.94. The fourth-order valence-electron chi connectivity index (χ4n) is 2.73. The molecule has 0 unspecified atom stereocenters. The number of nitrogens with one attached hydrogen (secondary N) is 1. The SMILES string of the molecule is COc1ccc(NC(=O)Cn2nc3c(cc2=O)CCCC3)cc1. The molecule has 0 fully saturated rings. The topological polar surface area (TPSA) is 73.2 Å². The van der Waals surface area contributed by atoms with Crippen LogP contribution in [-0.4, -0.2) is 22.8 Å². The Morgan fingerprint density at radius 3 is 2.74 bits per heavy atom. The number of hydrogen-bond acceptors (Lipinski definition) is 4. The van der Waals surface area contributed by atoms with Crippen molar-refractivity contribution in [3.63, 3.8) is 0 Å². The average Bonchev–Trinajstić information content (AvgIpc) is 2.56. The molecule has 23 heavy (non-hydrogen) atoms. The summed E-state index contributed by atoms with van der Waals surface area (Å²) in [5.74, 6) is 0.441. The second-order valence-corrected chi connectivity index (χ2v) is 5.60. The van der Waals surface area contributed by atoms with E-state index in [-0.39, 0.29) is 18.0 Å². The van der Waals surface area contributed by atoms with Crippen molar-refractivity contribution in [1.29, 1.82) is 0 Å². The summed E-state index contributed by atoms with van der Waals surface area (Å²) in [4.78, 5) is 24.2. The standard InChI is InChI=1S/C17H19N3O3/c1-23-14-8-6-13(7-9-14)18-16(21)11-20-17(22)10-12-4-2-3-5-15(12)19-20/h6-10H,2-5,11H2,1H3,(H,18,21). The zero-order valence-electron chi connectivity index (χ0n) is 13.0. The third-order valence-electron chi connectivity index (χ3n) is 3.94. The van der Waals surface area contributed by atoms with Gasteiger partial charge in [-0.15, -0.1) is 0 Å². The number of methoxy groups -OCH3 is 1. The number of nitrogens with zero attached hydrogens (tertiary/aromatic N) is 2. The zero-order valence-corrected chi connectivity index (χ0v) is 13.0. The van der Waals surface area contributed by atoms with E-state index in [2.05, 4.69) is 10.4 Å². The molecule has 3 rings (SSSR count). The minimum atomic E-state index is -0.277. The van der Waals surface area contributed by atoms with Gasteiger partial charge in [-0.1, -0.05) is 0 Å². The smallest absolute Gasteiger partial charge is 0.267 e. The van der Waals surface area contributed by atoms with Crippen LogP contribution in [0.15, 0.2) is 35.1 Å². The Morgan fingerprint density at radius 2 is 2.00 bits per heavy atom. The fraction of sp³-hybridized carbons (Fsp3) is 0.353. The number of ether oxygens (including phenoxy) is 1. The molecule has 1 aromatic heterocycles. The summed E-state index contributed by atoms with van der Waals surface area (Å²) in [6.45, 7) is -0.0852. The molecule has 2 aromatic rings. The van der Waals surface area contributed by atoms with Crippen LogP contribution >= 0.6 is 0 Å². The average molecular weight is 313 g/mol. The first kappa shape index (κ1) is 15.3. The van der Waals surface area contributed by atoms with Crippen molar-refractivity contribution in [3.8, 4) is 5.75 Å². The molecule has 1 aromatic carbocycles. The minimum absolute atomic E-state index is 0.0852. The summed E-state index contributed by atoms with van der Waals surface area (Å²) >= 11 is 0. The molecule has 0 saturated carbocycles. The van der Waals surface area contributed by atoms with Crippen LogP contribution in [0.25, 0.3) is 0 Å². The number of aromatic nitrogens is 2. The van der Waals surface area contributed by atoms with Crippen LogP contribution in [0.4, 0.5) is 5.69 Å². The van der Waals surface area contributed by atoms with Crippen LogP contribution < -0.4 is 15.6 Å². The van der Waals surface area contributed by atoms with Gasteiger partial charge in [-0.2, -0.15) is 5.10 Å². The molecule has 0 atom stereocenters. The Kier molecular flexibility index (Phi) is 4.41. The van der Waals surface area contributed by atoms with Gasteiger partial charge in [0.25, 0.3) is 5.56 Å². The van der Waals surface area contributed by atoms with Crippen LogP contribution in [0, 0.1) is 0 Å². The van der Waals surface area contributed by atoms with Crippen LogP contribution in [0.2, 0.25) is 0 Å². The van der Waals surface area contributed by atoms with E-state index in [0.717, 1.165) is 42.7 Å². The molecule has 1 aliphatic rings. The lowest BCUT2D eigenvalue weighted by molar-refractivity contribution is -0.117. The quantitative estimate of drug-likeness (QED) is 0.933. The zero-order chi connectivity index (χ0) is 16.2. The number of hydrogen-bond donors (Lipinski definition) is 1. The predicted molar refractivity (Wildman–Crippen MR) is 86.8 cm³/mol. The maximum atomic E-state index is 12.1. The van der Waals surface area contributed by atoms with Gasteiger partial charge in [0, 0.05) is 11.8 Å². The van der Waals surface area contributed by atoms with Crippen molar-refractivity contribution in [2.45, 2.75) is 32.2 Å². The van der Waals surface area contributed by atoms with Gasteiger partial charge in [-0.05, 0) is 55.5 Å². The summed E-state index contributed by atoms with van der Waals surface area (Å²) in [6.07, 6.45) is 3.94. The summed E-state index contributed by atoms with van der Waals surface area (Å²) in [7, 11) is 1.59. The fourth-order valence-corrected chi connectivity index (χ4v) is 2.73. The number of rotatable bonds is 4. The Labute approximate surface area is 134 Å².